The van der Waals surface area contributed by atoms with Crippen molar-refractivity contribution in [3.8, 4) is 0 Å². The molecule has 2 aliphatic rings. The summed E-state index contributed by atoms with van der Waals surface area (Å²) in [6.07, 6.45) is 11.6. The monoisotopic (exact) mass is 208 g/mol. The van der Waals surface area contributed by atoms with Crippen LogP contribution in [0, 0.1) is 11.8 Å². The minimum absolute atomic E-state index is 0.503. The Bertz CT molecular complexity index is 217. The van der Waals surface area contributed by atoms with Gasteiger partial charge in [-0.25, -0.2) is 0 Å². The second-order valence-corrected chi connectivity index (χ2v) is 5.41. The molecule has 0 radical (unpaired) electrons. The fourth-order valence-corrected chi connectivity index (χ4v) is 2.68. The van der Waals surface area contributed by atoms with Gasteiger partial charge in [-0.2, -0.15) is 0 Å². The Hall–Kier alpha value is -0.500. The molecule has 1 fully saturated rings. The first-order chi connectivity index (χ1) is 7.24. The first kappa shape index (κ1) is 11.0. The SMILES string of the molecule is CC1CCC(NC2C[C@H](C)C=CN2)CC1. The summed E-state index contributed by atoms with van der Waals surface area (Å²) in [5.41, 5.74) is 0. The standard InChI is InChI=1S/C13H24N2/c1-10-3-5-12(6-4-10)15-13-9-11(2)7-8-14-13/h7-8,10-15H,3-6,9H2,1-2H3/t10?,11-,12?,13?/m1/s1. The molecule has 2 atom stereocenters. The Morgan fingerprint density at radius 1 is 1.13 bits per heavy atom. The highest BCUT2D eigenvalue weighted by molar-refractivity contribution is 4.94. The normalized spacial score (nSPS) is 41.2. The molecule has 1 aliphatic carbocycles. The van der Waals surface area contributed by atoms with Gasteiger partial charge in [0.25, 0.3) is 0 Å². The lowest BCUT2D eigenvalue weighted by Crippen LogP contribution is -2.48. The van der Waals surface area contributed by atoms with Gasteiger partial charge in [-0.1, -0.05) is 19.9 Å². The molecule has 0 amide bonds. The number of hydrogen-bond donors (Lipinski definition) is 2. The van der Waals surface area contributed by atoms with Crippen LogP contribution in [-0.4, -0.2) is 12.2 Å². The van der Waals surface area contributed by atoms with E-state index in [-0.39, 0.29) is 0 Å². The molecule has 2 nitrogen and oxygen atoms in total. The Kier molecular flexibility index (Phi) is 3.68. The van der Waals surface area contributed by atoms with Crippen LogP contribution in [0.5, 0.6) is 0 Å². The van der Waals surface area contributed by atoms with Crippen LogP contribution in [0.25, 0.3) is 0 Å². The second kappa shape index (κ2) is 5.02. The molecule has 0 saturated heterocycles. The summed E-state index contributed by atoms with van der Waals surface area (Å²) in [7, 11) is 0. The molecule has 1 aliphatic heterocycles. The van der Waals surface area contributed by atoms with Crippen LogP contribution >= 0.6 is 0 Å². The topological polar surface area (TPSA) is 24.1 Å². The van der Waals surface area contributed by atoms with E-state index in [4.69, 9.17) is 0 Å². The summed E-state index contributed by atoms with van der Waals surface area (Å²) in [6.45, 7) is 4.66. The van der Waals surface area contributed by atoms with E-state index >= 15 is 0 Å². The van der Waals surface area contributed by atoms with Crippen LogP contribution in [0.2, 0.25) is 0 Å². The lowest BCUT2D eigenvalue weighted by molar-refractivity contribution is 0.261. The van der Waals surface area contributed by atoms with Gasteiger partial charge in [-0.3, -0.25) is 5.32 Å². The zero-order valence-corrected chi connectivity index (χ0v) is 10.00. The number of nitrogens with one attached hydrogen (secondary N) is 2. The quantitative estimate of drug-likeness (QED) is 0.729. The van der Waals surface area contributed by atoms with E-state index < -0.39 is 0 Å². The average Bonchev–Trinajstić information content (AvgIpc) is 2.22. The molecule has 1 saturated carbocycles. The fraction of sp³-hybridized carbons (Fsp3) is 0.846. The first-order valence-electron chi connectivity index (χ1n) is 6.43. The summed E-state index contributed by atoms with van der Waals surface area (Å²) in [5.74, 6) is 1.66. The van der Waals surface area contributed by atoms with E-state index in [0.29, 0.717) is 12.1 Å². The first-order valence-corrected chi connectivity index (χ1v) is 6.43. The number of rotatable bonds is 2. The van der Waals surface area contributed by atoms with Gasteiger partial charge >= 0.3 is 0 Å². The lowest BCUT2D eigenvalue weighted by Gasteiger charge is -2.33. The molecule has 0 bridgehead atoms. The van der Waals surface area contributed by atoms with Crippen molar-refractivity contribution in [1.82, 2.24) is 10.6 Å². The highest BCUT2D eigenvalue weighted by Crippen LogP contribution is 2.24. The van der Waals surface area contributed by atoms with Gasteiger partial charge in [-0.15, -0.1) is 0 Å². The lowest BCUT2D eigenvalue weighted by atomic mass is 9.87. The van der Waals surface area contributed by atoms with Crippen LogP contribution in [0.3, 0.4) is 0 Å². The van der Waals surface area contributed by atoms with Crippen molar-refractivity contribution in [2.45, 2.75) is 58.2 Å². The molecule has 15 heavy (non-hydrogen) atoms. The average molecular weight is 208 g/mol. The van der Waals surface area contributed by atoms with Gasteiger partial charge in [0.1, 0.15) is 0 Å². The van der Waals surface area contributed by atoms with Gasteiger partial charge in [0, 0.05) is 6.04 Å². The van der Waals surface area contributed by atoms with Gasteiger partial charge in [0.05, 0.1) is 6.17 Å². The van der Waals surface area contributed by atoms with Crippen molar-refractivity contribution in [2.24, 2.45) is 11.8 Å². The van der Waals surface area contributed by atoms with E-state index in [1.165, 1.54) is 32.1 Å². The highest BCUT2D eigenvalue weighted by atomic mass is 15.1. The van der Waals surface area contributed by atoms with Crippen molar-refractivity contribution in [3.63, 3.8) is 0 Å². The number of hydrogen-bond acceptors (Lipinski definition) is 2. The zero-order chi connectivity index (χ0) is 10.7. The summed E-state index contributed by atoms with van der Waals surface area (Å²) in [4.78, 5) is 0. The van der Waals surface area contributed by atoms with Crippen LogP contribution in [0.1, 0.15) is 46.0 Å². The molecule has 0 aromatic rings. The van der Waals surface area contributed by atoms with Crippen LogP contribution in [0.4, 0.5) is 0 Å². The minimum Gasteiger partial charge on any atom is -0.376 e. The Morgan fingerprint density at radius 3 is 2.53 bits per heavy atom. The van der Waals surface area contributed by atoms with E-state index in [1.54, 1.807) is 0 Å². The summed E-state index contributed by atoms with van der Waals surface area (Å²) >= 11 is 0. The summed E-state index contributed by atoms with van der Waals surface area (Å²) < 4.78 is 0. The van der Waals surface area contributed by atoms with Gasteiger partial charge in [-0.05, 0) is 50.1 Å². The number of allylic oxidation sites excluding steroid dienone is 1. The van der Waals surface area contributed by atoms with Crippen molar-refractivity contribution in [2.75, 3.05) is 0 Å². The molecule has 2 rings (SSSR count). The van der Waals surface area contributed by atoms with E-state index in [0.717, 1.165) is 12.0 Å². The van der Waals surface area contributed by atoms with Crippen LogP contribution < -0.4 is 10.6 Å². The van der Waals surface area contributed by atoms with Crippen LogP contribution in [0.15, 0.2) is 12.3 Å². The molecule has 0 aromatic carbocycles. The van der Waals surface area contributed by atoms with Gasteiger partial charge < -0.3 is 5.32 Å². The maximum atomic E-state index is 3.75. The molecule has 0 aromatic heterocycles. The highest BCUT2D eigenvalue weighted by Gasteiger charge is 2.22. The predicted octanol–water partition coefficient (Wildman–Crippen LogP) is 2.62. The maximum absolute atomic E-state index is 3.75. The predicted molar refractivity (Wildman–Crippen MR) is 64.4 cm³/mol. The molecule has 86 valence electrons. The van der Waals surface area contributed by atoms with Crippen molar-refractivity contribution < 1.29 is 0 Å². The molecular weight excluding hydrogens is 184 g/mol. The van der Waals surface area contributed by atoms with Crippen LogP contribution in [-0.2, 0) is 0 Å². The Labute approximate surface area is 93.5 Å². The van der Waals surface area contributed by atoms with E-state index in [1.807, 2.05) is 0 Å². The molecule has 2 heteroatoms. The Balaban J connectivity index is 1.75. The van der Waals surface area contributed by atoms with Crippen molar-refractivity contribution in [3.05, 3.63) is 12.3 Å². The minimum atomic E-state index is 0.503. The molecule has 1 heterocycles. The third kappa shape index (κ3) is 3.23. The summed E-state index contributed by atoms with van der Waals surface area (Å²) in [5, 5.41) is 7.16. The summed E-state index contributed by atoms with van der Waals surface area (Å²) in [6, 6.07) is 0.748. The molecular formula is C13H24N2. The maximum Gasteiger partial charge on any atom is 0.0770 e. The van der Waals surface area contributed by atoms with Gasteiger partial charge in [0.2, 0.25) is 0 Å². The second-order valence-electron chi connectivity index (χ2n) is 5.41. The molecule has 1 unspecified atom stereocenters. The fourth-order valence-electron chi connectivity index (χ4n) is 2.68. The third-order valence-electron chi connectivity index (χ3n) is 3.78. The van der Waals surface area contributed by atoms with E-state index in [2.05, 4.69) is 36.8 Å². The largest absolute Gasteiger partial charge is 0.376 e. The van der Waals surface area contributed by atoms with Gasteiger partial charge in [0.15, 0.2) is 0 Å². The van der Waals surface area contributed by atoms with E-state index in [9.17, 15) is 0 Å². The third-order valence-corrected chi connectivity index (χ3v) is 3.78. The smallest absolute Gasteiger partial charge is 0.0770 e. The Morgan fingerprint density at radius 2 is 1.87 bits per heavy atom. The molecule has 0 spiro atoms. The van der Waals surface area contributed by atoms with Crippen molar-refractivity contribution in [1.29, 1.82) is 0 Å². The molecule has 2 N–H and O–H groups in total. The van der Waals surface area contributed by atoms with Crippen molar-refractivity contribution >= 4 is 0 Å². The zero-order valence-electron chi connectivity index (χ0n) is 10.00.